The van der Waals surface area contributed by atoms with E-state index in [9.17, 15) is 14.4 Å². The SMILES string of the molecule is CCOC(=O)CN[C@@H](C(=O)N1CC[C@H]1C(=O)NCc1ccc(C(=N)CO)cc1)C1CCCCC1. The van der Waals surface area contributed by atoms with Crippen molar-refractivity contribution in [2.45, 2.75) is 64.1 Å². The summed E-state index contributed by atoms with van der Waals surface area (Å²) in [6.45, 7) is 2.55. The molecule has 34 heavy (non-hydrogen) atoms. The van der Waals surface area contributed by atoms with Crippen molar-refractivity contribution in [3.05, 3.63) is 35.4 Å². The minimum atomic E-state index is -0.509. The summed E-state index contributed by atoms with van der Waals surface area (Å²) in [5.41, 5.74) is 1.65. The summed E-state index contributed by atoms with van der Waals surface area (Å²) in [4.78, 5) is 39.7. The van der Waals surface area contributed by atoms with E-state index >= 15 is 0 Å². The predicted octanol–water partition coefficient (Wildman–Crippen LogP) is 1.37. The Labute approximate surface area is 200 Å². The van der Waals surface area contributed by atoms with Crippen LogP contribution in [0.25, 0.3) is 0 Å². The first-order valence-corrected chi connectivity index (χ1v) is 12.2. The molecule has 4 N–H and O–H groups in total. The van der Waals surface area contributed by atoms with Gasteiger partial charge in [-0.15, -0.1) is 0 Å². The van der Waals surface area contributed by atoms with E-state index in [-0.39, 0.29) is 42.6 Å². The lowest BCUT2D eigenvalue weighted by atomic mass is 9.82. The van der Waals surface area contributed by atoms with E-state index in [1.807, 2.05) is 12.1 Å². The van der Waals surface area contributed by atoms with E-state index in [0.717, 1.165) is 37.7 Å². The molecule has 9 nitrogen and oxygen atoms in total. The zero-order valence-corrected chi connectivity index (χ0v) is 19.8. The quantitative estimate of drug-likeness (QED) is 0.284. The fourth-order valence-electron chi connectivity index (χ4n) is 4.65. The molecular weight excluding hydrogens is 436 g/mol. The summed E-state index contributed by atoms with van der Waals surface area (Å²) in [6.07, 6.45) is 5.76. The molecule has 1 aliphatic heterocycles. The van der Waals surface area contributed by atoms with Gasteiger partial charge in [-0.3, -0.25) is 19.7 Å². The number of nitrogens with one attached hydrogen (secondary N) is 3. The van der Waals surface area contributed by atoms with Gasteiger partial charge in [-0.25, -0.2) is 0 Å². The lowest BCUT2D eigenvalue weighted by Gasteiger charge is -2.43. The van der Waals surface area contributed by atoms with Crippen LogP contribution in [-0.4, -0.2) is 71.9 Å². The van der Waals surface area contributed by atoms with Gasteiger partial charge in [-0.2, -0.15) is 0 Å². The van der Waals surface area contributed by atoms with Gasteiger partial charge in [0.1, 0.15) is 6.04 Å². The zero-order valence-electron chi connectivity index (χ0n) is 19.8. The number of benzene rings is 1. The number of amides is 2. The summed E-state index contributed by atoms with van der Waals surface area (Å²) < 4.78 is 5.01. The molecule has 1 aromatic carbocycles. The number of ether oxygens (including phenoxy) is 1. The number of hydrogen-bond acceptors (Lipinski definition) is 7. The van der Waals surface area contributed by atoms with Crippen molar-refractivity contribution in [2.24, 2.45) is 5.92 Å². The Morgan fingerprint density at radius 1 is 1.15 bits per heavy atom. The number of esters is 1. The molecule has 0 bridgehead atoms. The van der Waals surface area contributed by atoms with Crippen molar-refractivity contribution < 1.29 is 24.2 Å². The first-order valence-electron chi connectivity index (χ1n) is 12.2. The number of hydrogen-bond donors (Lipinski definition) is 4. The van der Waals surface area contributed by atoms with Crippen LogP contribution in [0.5, 0.6) is 0 Å². The highest BCUT2D eigenvalue weighted by Crippen LogP contribution is 2.29. The zero-order chi connectivity index (χ0) is 24.5. The number of likely N-dealkylation sites (tertiary alicyclic amines) is 1. The molecule has 0 aromatic heterocycles. The number of rotatable bonds is 11. The Kier molecular flexibility index (Phi) is 9.59. The van der Waals surface area contributed by atoms with E-state index in [2.05, 4.69) is 10.6 Å². The maximum absolute atomic E-state index is 13.4. The molecule has 2 amide bonds. The van der Waals surface area contributed by atoms with Crippen molar-refractivity contribution in [1.82, 2.24) is 15.5 Å². The van der Waals surface area contributed by atoms with Gasteiger partial charge >= 0.3 is 5.97 Å². The van der Waals surface area contributed by atoms with Crippen molar-refractivity contribution in [3.63, 3.8) is 0 Å². The Hall–Kier alpha value is -2.78. The van der Waals surface area contributed by atoms with E-state index in [0.29, 0.717) is 31.7 Å². The van der Waals surface area contributed by atoms with Crippen LogP contribution < -0.4 is 10.6 Å². The average Bonchev–Trinajstić information content (AvgIpc) is 2.83. The molecule has 3 rings (SSSR count). The van der Waals surface area contributed by atoms with Crippen LogP contribution in [0.15, 0.2) is 24.3 Å². The van der Waals surface area contributed by atoms with E-state index in [1.54, 1.807) is 24.0 Å². The van der Waals surface area contributed by atoms with Gasteiger partial charge in [0.25, 0.3) is 0 Å². The Balaban J connectivity index is 1.57. The van der Waals surface area contributed by atoms with Gasteiger partial charge in [-0.1, -0.05) is 43.5 Å². The third-order valence-electron chi connectivity index (χ3n) is 6.69. The number of carbonyl (C=O) groups excluding carboxylic acids is 3. The Bertz CT molecular complexity index is 867. The van der Waals surface area contributed by atoms with Gasteiger partial charge in [0, 0.05) is 13.1 Å². The highest BCUT2D eigenvalue weighted by molar-refractivity contribution is 5.99. The average molecular weight is 473 g/mol. The van der Waals surface area contributed by atoms with Crippen LogP contribution in [-0.2, 0) is 25.7 Å². The molecule has 2 atom stereocenters. The van der Waals surface area contributed by atoms with Gasteiger partial charge in [0.2, 0.25) is 11.8 Å². The van der Waals surface area contributed by atoms with E-state index < -0.39 is 12.1 Å². The predicted molar refractivity (Wildman–Crippen MR) is 127 cm³/mol. The molecule has 0 spiro atoms. The van der Waals surface area contributed by atoms with E-state index in [4.69, 9.17) is 15.3 Å². The molecule has 186 valence electrons. The van der Waals surface area contributed by atoms with Crippen LogP contribution >= 0.6 is 0 Å². The summed E-state index contributed by atoms with van der Waals surface area (Å²) in [5.74, 6) is -0.542. The molecule has 1 heterocycles. The van der Waals surface area contributed by atoms with E-state index in [1.165, 1.54) is 0 Å². The molecule has 2 fully saturated rings. The van der Waals surface area contributed by atoms with Crippen LogP contribution in [0.3, 0.4) is 0 Å². The second kappa shape index (κ2) is 12.6. The number of carbonyl (C=O) groups is 3. The number of aliphatic hydroxyl groups is 1. The second-order valence-electron chi connectivity index (χ2n) is 8.95. The highest BCUT2D eigenvalue weighted by Gasteiger charge is 2.42. The largest absolute Gasteiger partial charge is 0.465 e. The molecule has 1 aromatic rings. The summed E-state index contributed by atoms with van der Waals surface area (Å²) in [7, 11) is 0. The monoisotopic (exact) mass is 472 g/mol. The maximum Gasteiger partial charge on any atom is 0.319 e. The molecule has 1 aliphatic carbocycles. The lowest BCUT2D eigenvalue weighted by Crippen LogP contribution is -2.63. The summed E-state index contributed by atoms with van der Waals surface area (Å²) in [6, 6.07) is 6.09. The molecule has 1 saturated heterocycles. The summed E-state index contributed by atoms with van der Waals surface area (Å²) >= 11 is 0. The molecule has 1 saturated carbocycles. The first-order chi connectivity index (χ1) is 16.4. The van der Waals surface area contributed by atoms with Gasteiger partial charge in [0.15, 0.2) is 0 Å². The molecule has 9 heteroatoms. The molecule has 0 radical (unpaired) electrons. The molecular formula is C25H36N4O5. The minimum absolute atomic E-state index is 0.0187. The standard InChI is InChI=1S/C25H36N4O5/c1-2-34-22(31)15-27-23(19-6-4-3-5-7-19)25(33)29-13-12-21(29)24(32)28-14-17-8-10-18(11-9-17)20(26)16-30/h8-11,19,21,23,26-27,30H,2-7,12-16H2,1H3,(H,28,32)/t21-,23+/m0/s1. The number of aliphatic hydroxyl groups excluding tert-OH is 1. The van der Waals surface area contributed by atoms with Crippen LogP contribution in [0.1, 0.15) is 56.6 Å². The normalized spacial score (nSPS) is 19.1. The van der Waals surface area contributed by atoms with Crippen LogP contribution in [0.2, 0.25) is 0 Å². The highest BCUT2D eigenvalue weighted by atomic mass is 16.5. The van der Waals surface area contributed by atoms with Crippen LogP contribution in [0.4, 0.5) is 0 Å². The van der Waals surface area contributed by atoms with Crippen molar-refractivity contribution in [1.29, 1.82) is 5.41 Å². The van der Waals surface area contributed by atoms with Gasteiger partial charge < -0.3 is 25.5 Å². The Morgan fingerprint density at radius 2 is 1.85 bits per heavy atom. The Morgan fingerprint density at radius 3 is 2.44 bits per heavy atom. The second-order valence-corrected chi connectivity index (χ2v) is 8.95. The number of nitrogens with zero attached hydrogens (tertiary/aromatic N) is 1. The smallest absolute Gasteiger partial charge is 0.319 e. The molecule has 0 unspecified atom stereocenters. The molecule has 2 aliphatic rings. The van der Waals surface area contributed by atoms with Gasteiger partial charge in [0.05, 0.1) is 31.5 Å². The third-order valence-corrected chi connectivity index (χ3v) is 6.69. The van der Waals surface area contributed by atoms with Crippen molar-refractivity contribution in [3.8, 4) is 0 Å². The van der Waals surface area contributed by atoms with Gasteiger partial charge in [-0.05, 0) is 43.2 Å². The summed E-state index contributed by atoms with van der Waals surface area (Å²) in [5, 5.41) is 22.8. The maximum atomic E-state index is 13.4. The van der Waals surface area contributed by atoms with Crippen molar-refractivity contribution in [2.75, 3.05) is 26.3 Å². The topological polar surface area (TPSA) is 132 Å². The minimum Gasteiger partial charge on any atom is -0.465 e. The van der Waals surface area contributed by atoms with Crippen molar-refractivity contribution >= 4 is 23.5 Å². The third kappa shape index (κ3) is 6.64. The fraction of sp³-hybridized carbons (Fsp3) is 0.600. The fourth-order valence-corrected chi connectivity index (χ4v) is 4.65. The first kappa shape index (κ1) is 25.8. The van der Waals surface area contributed by atoms with Crippen LogP contribution in [0, 0.1) is 11.3 Å². The lowest BCUT2D eigenvalue weighted by molar-refractivity contribution is -0.151.